The largest absolute Gasteiger partial charge is 0.369 e. The number of amides is 1. The van der Waals surface area contributed by atoms with Crippen LogP contribution in [-0.4, -0.2) is 30.5 Å². The minimum atomic E-state index is -2.68. The summed E-state index contributed by atoms with van der Waals surface area (Å²) in [5, 5.41) is 4.53. The molecule has 0 aliphatic rings. The van der Waals surface area contributed by atoms with E-state index in [0.29, 0.717) is 34.0 Å². The number of hydrogen-bond acceptors (Lipinski definition) is 5. The van der Waals surface area contributed by atoms with E-state index in [1.54, 1.807) is 36.5 Å². The normalized spacial score (nSPS) is 11.2. The minimum Gasteiger partial charge on any atom is -0.369 e. The molecule has 4 aromatic rings. The quantitative estimate of drug-likeness (QED) is 0.574. The molecule has 0 unspecified atom stereocenters. The second-order valence-electron chi connectivity index (χ2n) is 6.03. The van der Waals surface area contributed by atoms with Crippen molar-refractivity contribution in [2.75, 3.05) is 0 Å². The molecule has 0 saturated carbocycles. The zero-order valence-corrected chi connectivity index (χ0v) is 14.5. The third-order valence-corrected chi connectivity index (χ3v) is 4.11. The zero-order valence-electron chi connectivity index (χ0n) is 14.5. The molecule has 9 heteroatoms. The van der Waals surface area contributed by atoms with Crippen LogP contribution >= 0.6 is 0 Å². The van der Waals surface area contributed by atoms with Crippen LogP contribution in [0.1, 0.15) is 17.8 Å². The average molecular weight is 380 g/mol. The summed E-state index contributed by atoms with van der Waals surface area (Å²) in [7, 11) is 0. The molecular weight excluding hydrogens is 366 g/mol. The molecule has 4 heterocycles. The van der Waals surface area contributed by atoms with Crippen molar-refractivity contribution in [1.82, 2.24) is 24.6 Å². The molecule has 0 radical (unpaired) electrons. The van der Waals surface area contributed by atoms with Crippen LogP contribution in [0, 0.1) is 0 Å². The average Bonchev–Trinajstić information content (AvgIpc) is 3.09. The SMILES string of the molecule is NC(=O)Cc1cnc2ccc(-c3cccnc3-c3cccc(C(F)F)n3)nn12. The van der Waals surface area contributed by atoms with E-state index in [9.17, 15) is 13.6 Å². The molecule has 0 aromatic carbocycles. The number of carbonyl (C=O) groups excluding carboxylic acids is 1. The standard InChI is InChI=1S/C19H14F2N6O/c20-19(21)15-5-1-4-14(25-15)18-12(3-2-8-23-18)13-6-7-17-24-10-11(9-16(22)28)27(17)26-13/h1-8,10,19H,9H2,(H2,22,28). The number of alkyl halides is 2. The van der Waals surface area contributed by atoms with E-state index in [4.69, 9.17) is 5.73 Å². The Bertz CT molecular complexity index is 1170. The fraction of sp³-hybridized carbons (Fsp3) is 0.105. The number of pyridine rings is 2. The Morgan fingerprint density at radius 2 is 1.93 bits per heavy atom. The Kier molecular flexibility index (Phi) is 4.48. The Balaban J connectivity index is 1.84. The van der Waals surface area contributed by atoms with Crippen molar-refractivity contribution in [3.63, 3.8) is 0 Å². The van der Waals surface area contributed by atoms with Crippen molar-refractivity contribution in [3.05, 3.63) is 66.2 Å². The van der Waals surface area contributed by atoms with Crippen molar-refractivity contribution in [2.24, 2.45) is 5.73 Å². The lowest BCUT2D eigenvalue weighted by atomic mass is 10.1. The van der Waals surface area contributed by atoms with Crippen molar-refractivity contribution in [1.29, 1.82) is 0 Å². The predicted molar refractivity (Wildman–Crippen MR) is 97.3 cm³/mol. The molecule has 0 bridgehead atoms. The summed E-state index contributed by atoms with van der Waals surface area (Å²) in [4.78, 5) is 23.8. The topological polar surface area (TPSA) is 99.1 Å². The number of halogens is 2. The van der Waals surface area contributed by atoms with Crippen molar-refractivity contribution >= 4 is 11.6 Å². The lowest BCUT2D eigenvalue weighted by Crippen LogP contribution is -2.15. The highest BCUT2D eigenvalue weighted by molar-refractivity contribution is 5.78. The Labute approximate surface area is 157 Å². The second kappa shape index (κ2) is 7.10. The highest BCUT2D eigenvalue weighted by atomic mass is 19.3. The van der Waals surface area contributed by atoms with Gasteiger partial charge in [-0.15, -0.1) is 0 Å². The molecule has 0 spiro atoms. The number of hydrogen-bond donors (Lipinski definition) is 1. The van der Waals surface area contributed by atoms with E-state index in [1.807, 2.05) is 0 Å². The zero-order chi connectivity index (χ0) is 19.7. The van der Waals surface area contributed by atoms with Crippen LogP contribution in [0.3, 0.4) is 0 Å². The van der Waals surface area contributed by atoms with Gasteiger partial charge in [0, 0.05) is 11.8 Å². The van der Waals surface area contributed by atoms with Crippen molar-refractivity contribution in [3.8, 4) is 22.6 Å². The summed E-state index contributed by atoms with van der Waals surface area (Å²) < 4.78 is 27.6. The molecule has 28 heavy (non-hydrogen) atoms. The molecule has 0 saturated heterocycles. The summed E-state index contributed by atoms with van der Waals surface area (Å²) in [5.74, 6) is -0.496. The van der Waals surface area contributed by atoms with Gasteiger partial charge in [-0.1, -0.05) is 6.07 Å². The van der Waals surface area contributed by atoms with Gasteiger partial charge in [0.2, 0.25) is 5.91 Å². The van der Waals surface area contributed by atoms with Crippen molar-refractivity contribution < 1.29 is 13.6 Å². The Morgan fingerprint density at radius 3 is 2.71 bits per heavy atom. The van der Waals surface area contributed by atoms with Crippen LogP contribution in [-0.2, 0) is 11.2 Å². The number of aromatic nitrogens is 5. The minimum absolute atomic E-state index is 0.00446. The first-order chi connectivity index (χ1) is 13.5. The summed E-state index contributed by atoms with van der Waals surface area (Å²) >= 11 is 0. The number of carbonyl (C=O) groups is 1. The summed E-state index contributed by atoms with van der Waals surface area (Å²) in [6, 6.07) is 11.4. The first kappa shape index (κ1) is 17.7. The van der Waals surface area contributed by atoms with Crippen LogP contribution in [0.2, 0.25) is 0 Å². The highest BCUT2D eigenvalue weighted by Gasteiger charge is 2.16. The van der Waals surface area contributed by atoms with E-state index < -0.39 is 12.3 Å². The fourth-order valence-electron chi connectivity index (χ4n) is 2.88. The predicted octanol–water partition coefficient (Wildman–Crippen LogP) is 2.82. The molecule has 1 amide bonds. The van der Waals surface area contributed by atoms with Crippen LogP contribution in [0.15, 0.2) is 54.9 Å². The van der Waals surface area contributed by atoms with Gasteiger partial charge in [-0.2, -0.15) is 5.10 Å². The molecule has 0 aliphatic carbocycles. The number of rotatable bonds is 5. The van der Waals surface area contributed by atoms with Gasteiger partial charge in [0.05, 0.1) is 35.4 Å². The number of fused-ring (bicyclic) bond motifs is 1. The molecule has 0 fully saturated rings. The van der Waals surface area contributed by atoms with Gasteiger partial charge in [0.15, 0.2) is 5.65 Å². The number of nitrogens with zero attached hydrogens (tertiary/aromatic N) is 5. The molecule has 140 valence electrons. The molecular formula is C19H14F2N6O. The second-order valence-corrected chi connectivity index (χ2v) is 6.03. The third kappa shape index (κ3) is 3.29. The lowest BCUT2D eigenvalue weighted by molar-refractivity contribution is -0.117. The van der Waals surface area contributed by atoms with E-state index in [2.05, 4.69) is 20.1 Å². The molecule has 4 rings (SSSR count). The van der Waals surface area contributed by atoms with Gasteiger partial charge < -0.3 is 5.73 Å². The number of imidazole rings is 1. The van der Waals surface area contributed by atoms with E-state index in [0.717, 1.165) is 0 Å². The van der Waals surface area contributed by atoms with Crippen LogP contribution in [0.5, 0.6) is 0 Å². The maximum atomic E-state index is 13.0. The van der Waals surface area contributed by atoms with Gasteiger partial charge in [-0.3, -0.25) is 9.78 Å². The number of primary amides is 1. The molecule has 2 N–H and O–H groups in total. The summed E-state index contributed by atoms with van der Waals surface area (Å²) in [6.45, 7) is 0. The third-order valence-electron chi connectivity index (χ3n) is 4.11. The molecule has 7 nitrogen and oxygen atoms in total. The van der Waals surface area contributed by atoms with Gasteiger partial charge in [0.25, 0.3) is 6.43 Å². The molecule has 0 atom stereocenters. The van der Waals surface area contributed by atoms with Crippen LogP contribution in [0.4, 0.5) is 8.78 Å². The van der Waals surface area contributed by atoms with Gasteiger partial charge in [0.1, 0.15) is 5.69 Å². The van der Waals surface area contributed by atoms with Crippen molar-refractivity contribution in [2.45, 2.75) is 12.8 Å². The lowest BCUT2D eigenvalue weighted by Gasteiger charge is -2.09. The Hall–Kier alpha value is -3.75. The Morgan fingerprint density at radius 1 is 1.07 bits per heavy atom. The maximum Gasteiger partial charge on any atom is 0.280 e. The first-order valence-electron chi connectivity index (χ1n) is 8.36. The summed E-state index contributed by atoms with van der Waals surface area (Å²) in [6.07, 6.45) is 0.414. The van der Waals surface area contributed by atoms with E-state index in [1.165, 1.54) is 22.8 Å². The number of nitrogens with two attached hydrogens (primary N) is 1. The van der Waals surface area contributed by atoms with E-state index >= 15 is 0 Å². The van der Waals surface area contributed by atoms with Gasteiger partial charge in [-0.05, 0) is 36.4 Å². The molecule has 4 aromatic heterocycles. The van der Waals surface area contributed by atoms with Gasteiger partial charge >= 0.3 is 0 Å². The van der Waals surface area contributed by atoms with Gasteiger partial charge in [-0.25, -0.2) is 23.3 Å². The monoisotopic (exact) mass is 380 g/mol. The summed E-state index contributed by atoms with van der Waals surface area (Å²) in [5.41, 5.74) is 7.95. The maximum absolute atomic E-state index is 13.0. The highest BCUT2D eigenvalue weighted by Crippen LogP contribution is 2.29. The van der Waals surface area contributed by atoms with E-state index in [-0.39, 0.29) is 12.1 Å². The first-order valence-corrected chi connectivity index (χ1v) is 8.36. The van der Waals surface area contributed by atoms with Crippen LogP contribution in [0.25, 0.3) is 28.3 Å². The fourth-order valence-corrected chi connectivity index (χ4v) is 2.88. The van der Waals surface area contributed by atoms with Crippen LogP contribution < -0.4 is 5.73 Å². The molecule has 0 aliphatic heterocycles. The smallest absolute Gasteiger partial charge is 0.280 e.